The fourth-order valence-corrected chi connectivity index (χ4v) is 5.86. The third-order valence-electron chi connectivity index (χ3n) is 8.06. The molecule has 1 aliphatic carbocycles. The van der Waals surface area contributed by atoms with Crippen LogP contribution < -0.4 is 19.5 Å². The summed E-state index contributed by atoms with van der Waals surface area (Å²) in [5, 5.41) is 4.27. The highest BCUT2D eigenvalue weighted by Gasteiger charge is 2.34. The quantitative estimate of drug-likeness (QED) is 0.233. The summed E-state index contributed by atoms with van der Waals surface area (Å²) in [6.07, 6.45) is 7.22. The summed E-state index contributed by atoms with van der Waals surface area (Å²) in [6, 6.07) is 20.1. The normalized spacial score (nSPS) is 14.3. The van der Waals surface area contributed by atoms with Crippen LogP contribution in [-0.2, 0) is 22.6 Å². The standard InChI is InChI=1S/C34H39N3O5/c1-40-27-13-9-10-23(18-27)22-37(32(38)20-25-21-35-29-15-8-7-14-28(25)29)33(34(39)36-26-11-5-4-6-12-26)24-16-17-30(41-2)31(19-24)42-3/h7-10,13-19,21,26,33,35H,4-6,11-12,20,22H2,1-3H3,(H,36,39)/t33-/m1/s1. The number of methoxy groups -OCH3 is 3. The van der Waals surface area contributed by atoms with E-state index in [1.165, 1.54) is 6.42 Å². The number of hydrogen-bond donors (Lipinski definition) is 2. The minimum atomic E-state index is -0.893. The van der Waals surface area contributed by atoms with Gasteiger partial charge in [-0.25, -0.2) is 0 Å². The first-order chi connectivity index (χ1) is 20.5. The maximum atomic E-state index is 14.3. The first-order valence-electron chi connectivity index (χ1n) is 14.5. The molecular weight excluding hydrogens is 530 g/mol. The van der Waals surface area contributed by atoms with Crippen LogP contribution in [0.1, 0.15) is 54.8 Å². The number of benzene rings is 3. The smallest absolute Gasteiger partial charge is 0.247 e. The lowest BCUT2D eigenvalue weighted by molar-refractivity contribution is -0.141. The second kappa shape index (κ2) is 13.5. The highest BCUT2D eigenvalue weighted by molar-refractivity contribution is 5.92. The first kappa shape index (κ1) is 29.0. The molecule has 1 heterocycles. The number of hydrogen-bond acceptors (Lipinski definition) is 5. The highest BCUT2D eigenvalue weighted by atomic mass is 16.5. The van der Waals surface area contributed by atoms with Crippen LogP contribution in [0.4, 0.5) is 0 Å². The van der Waals surface area contributed by atoms with Crippen molar-refractivity contribution in [2.45, 2.75) is 57.2 Å². The molecule has 0 bridgehead atoms. The second-order valence-corrected chi connectivity index (χ2v) is 10.8. The second-order valence-electron chi connectivity index (χ2n) is 10.8. The van der Waals surface area contributed by atoms with Gasteiger partial charge in [0, 0.05) is 29.7 Å². The van der Waals surface area contributed by atoms with Crippen molar-refractivity contribution in [2.24, 2.45) is 0 Å². The van der Waals surface area contributed by atoms with Crippen LogP contribution in [0.2, 0.25) is 0 Å². The third kappa shape index (κ3) is 6.54. The topological polar surface area (TPSA) is 92.9 Å². The predicted molar refractivity (Wildman–Crippen MR) is 163 cm³/mol. The van der Waals surface area contributed by atoms with Gasteiger partial charge >= 0.3 is 0 Å². The lowest BCUT2D eigenvalue weighted by Crippen LogP contribution is -2.47. The number of para-hydroxylation sites is 1. The van der Waals surface area contributed by atoms with Crippen LogP contribution >= 0.6 is 0 Å². The van der Waals surface area contributed by atoms with E-state index in [0.717, 1.165) is 47.7 Å². The van der Waals surface area contributed by atoms with Crippen LogP contribution in [0.5, 0.6) is 17.2 Å². The van der Waals surface area contributed by atoms with Gasteiger partial charge in [0.25, 0.3) is 0 Å². The fourth-order valence-electron chi connectivity index (χ4n) is 5.86. The van der Waals surface area contributed by atoms with Gasteiger partial charge in [-0.2, -0.15) is 0 Å². The molecule has 5 rings (SSSR count). The molecule has 42 heavy (non-hydrogen) atoms. The zero-order valence-electron chi connectivity index (χ0n) is 24.5. The van der Waals surface area contributed by atoms with E-state index in [-0.39, 0.29) is 30.8 Å². The van der Waals surface area contributed by atoms with Crippen LogP contribution in [-0.4, -0.2) is 49.1 Å². The average Bonchev–Trinajstić information content (AvgIpc) is 3.43. The molecule has 4 aromatic rings. The lowest BCUT2D eigenvalue weighted by atomic mass is 9.94. The zero-order chi connectivity index (χ0) is 29.5. The van der Waals surface area contributed by atoms with E-state index in [4.69, 9.17) is 14.2 Å². The van der Waals surface area contributed by atoms with Gasteiger partial charge in [0.1, 0.15) is 11.8 Å². The van der Waals surface area contributed by atoms with Gasteiger partial charge in [-0.15, -0.1) is 0 Å². The van der Waals surface area contributed by atoms with Crippen LogP contribution in [0.25, 0.3) is 10.9 Å². The Morgan fingerprint density at radius 2 is 1.69 bits per heavy atom. The number of H-pyrrole nitrogens is 1. The Hall–Kier alpha value is -4.46. The molecule has 8 heteroatoms. The molecule has 3 aromatic carbocycles. The number of carbonyl (C=O) groups is 2. The van der Waals surface area contributed by atoms with Gasteiger partial charge in [0.15, 0.2) is 11.5 Å². The third-order valence-corrected chi connectivity index (χ3v) is 8.06. The number of aromatic amines is 1. The van der Waals surface area contributed by atoms with Crippen molar-refractivity contribution in [2.75, 3.05) is 21.3 Å². The molecule has 1 saturated carbocycles. The van der Waals surface area contributed by atoms with Gasteiger partial charge in [-0.3, -0.25) is 9.59 Å². The van der Waals surface area contributed by atoms with Crippen molar-refractivity contribution in [1.29, 1.82) is 0 Å². The summed E-state index contributed by atoms with van der Waals surface area (Å²) in [7, 11) is 4.75. The van der Waals surface area contributed by atoms with E-state index in [1.807, 2.05) is 60.8 Å². The molecule has 220 valence electrons. The maximum Gasteiger partial charge on any atom is 0.247 e. The van der Waals surface area contributed by atoms with Gasteiger partial charge in [0.05, 0.1) is 27.8 Å². The summed E-state index contributed by atoms with van der Waals surface area (Å²) in [6.45, 7) is 0.218. The van der Waals surface area contributed by atoms with Gasteiger partial charge in [-0.1, -0.05) is 55.7 Å². The fraction of sp³-hybridized carbons (Fsp3) is 0.353. The summed E-state index contributed by atoms with van der Waals surface area (Å²) in [4.78, 5) is 33.5. The molecule has 0 spiro atoms. The Kier molecular flexibility index (Phi) is 9.31. The van der Waals surface area contributed by atoms with Crippen LogP contribution in [0.15, 0.2) is 72.9 Å². The molecule has 2 N–H and O–H groups in total. The van der Waals surface area contributed by atoms with Gasteiger partial charge in [-0.05, 0) is 59.9 Å². The predicted octanol–water partition coefficient (Wildman–Crippen LogP) is 5.96. The van der Waals surface area contributed by atoms with E-state index in [9.17, 15) is 9.59 Å². The van der Waals surface area contributed by atoms with Crippen molar-refractivity contribution >= 4 is 22.7 Å². The maximum absolute atomic E-state index is 14.3. The Balaban J connectivity index is 1.57. The summed E-state index contributed by atoms with van der Waals surface area (Å²) in [5.74, 6) is 1.37. The molecule has 0 radical (unpaired) electrons. The number of carbonyl (C=O) groups excluding carboxylic acids is 2. The number of amides is 2. The number of nitrogens with one attached hydrogen (secondary N) is 2. The molecule has 1 aromatic heterocycles. The summed E-state index contributed by atoms with van der Waals surface area (Å²) < 4.78 is 16.5. The average molecular weight is 570 g/mol. The summed E-state index contributed by atoms with van der Waals surface area (Å²) >= 11 is 0. The molecule has 1 atom stereocenters. The van der Waals surface area contributed by atoms with Crippen LogP contribution in [0.3, 0.4) is 0 Å². The monoisotopic (exact) mass is 569 g/mol. The van der Waals surface area contributed by atoms with Crippen molar-refractivity contribution in [3.8, 4) is 17.2 Å². The largest absolute Gasteiger partial charge is 0.497 e. The molecule has 2 amide bonds. The van der Waals surface area contributed by atoms with E-state index in [2.05, 4.69) is 10.3 Å². The zero-order valence-corrected chi connectivity index (χ0v) is 24.5. The van der Waals surface area contributed by atoms with E-state index in [0.29, 0.717) is 22.8 Å². The summed E-state index contributed by atoms with van der Waals surface area (Å²) in [5.41, 5.74) is 3.35. The number of aromatic nitrogens is 1. The van der Waals surface area contributed by atoms with Crippen LogP contribution in [0, 0.1) is 0 Å². The number of nitrogens with zero attached hydrogens (tertiary/aromatic N) is 1. The Labute approximate surface area is 247 Å². The van der Waals surface area contributed by atoms with Crippen molar-refractivity contribution < 1.29 is 23.8 Å². The highest BCUT2D eigenvalue weighted by Crippen LogP contribution is 2.34. The SMILES string of the molecule is COc1cccc(CN(C(=O)Cc2c[nH]c3ccccc23)[C@@H](C(=O)NC2CCCCC2)c2ccc(OC)c(OC)c2)c1. The van der Waals surface area contributed by atoms with Gasteiger partial charge < -0.3 is 29.4 Å². The van der Waals surface area contributed by atoms with Crippen molar-refractivity contribution in [3.63, 3.8) is 0 Å². The minimum Gasteiger partial charge on any atom is -0.497 e. The molecule has 8 nitrogen and oxygen atoms in total. The number of rotatable bonds is 11. The van der Waals surface area contributed by atoms with Crippen molar-refractivity contribution in [1.82, 2.24) is 15.2 Å². The Bertz CT molecular complexity index is 1520. The van der Waals surface area contributed by atoms with Gasteiger partial charge in [0.2, 0.25) is 11.8 Å². The number of ether oxygens (including phenoxy) is 3. The van der Waals surface area contributed by atoms with E-state index >= 15 is 0 Å². The molecule has 1 aliphatic rings. The molecule has 0 saturated heterocycles. The molecule has 0 unspecified atom stereocenters. The van der Waals surface area contributed by atoms with E-state index in [1.54, 1.807) is 38.4 Å². The molecule has 1 fully saturated rings. The minimum absolute atomic E-state index is 0.0799. The van der Waals surface area contributed by atoms with Crippen molar-refractivity contribution in [3.05, 3.63) is 89.6 Å². The van der Waals surface area contributed by atoms with E-state index < -0.39 is 6.04 Å². The Morgan fingerprint density at radius 3 is 2.45 bits per heavy atom. The molecule has 0 aliphatic heterocycles. The Morgan fingerprint density at radius 1 is 0.905 bits per heavy atom. The first-order valence-corrected chi connectivity index (χ1v) is 14.5. The molecular formula is C34H39N3O5. The lowest BCUT2D eigenvalue weighted by Gasteiger charge is -2.34. The number of fused-ring (bicyclic) bond motifs is 1.